The third kappa shape index (κ3) is 8.61. The van der Waals surface area contributed by atoms with Crippen LogP contribution in [0.2, 0.25) is 0 Å². The van der Waals surface area contributed by atoms with Crippen molar-refractivity contribution in [1.82, 2.24) is 49.7 Å². The molecule has 306 valence electrons. The maximum atomic E-state index is 13.0. The molecular weight excluding hydrogens is 817 g/mol. The predicted octanol–water partition coefficient (Wildman–Crippen LogP) is 5.41. The number of nitrogens with one attached hydrogen (secondary N) is 3. The summed E-state index contributed by atoms with van der Waals surface area (Å²) in [5.74, 6) is -0.0146. The number of benzene rings is 3. The van der Waals surface area contributed by atoms with Crippen molar-refractivity contribution in [3.8, 4) is 0 Å². The van der Waals surface area contributed by atoms with Gasteiger partial charge in [0.1, 0.15) is 5.69 Å². The Morgan fingerprint density at radius 3 is 1.98 bits per heavy atom. The Bertz CT molecular complexity index is 3260. The molecule has 0 aliphatic heterocycles. The van der Waals surface area contributed by atoms with Crippen molar-refractivity contribution in [2.75, 3.05) is 0 Å². The van der Waals surface area contributed by atoms with Crippen LogP contribution in [0.3, 0.4) is 0 Å². The Morgan fingerprint density at radius 1 is 0.656 bits per heavy atom. The monoisotopic (exact) mass is 852 g/mol. The lowest BCUT2D eigenvalue weighted by atomic mass is 10.2. The Balaban J connectivity index is 0.000000169. The van der Waals surface area contributed by atoms with Gasteiger partial charge in [-0.05, 0) is 84.8 Å². The quantitative estimate of drug-likeness (QED) is 0.158. The van der Waals surface area contributed by atoms with Gasteiger partial charge < -0.3 is 15.6 Å². The zero-order valence-corrected chi connectivity index (χ0v) is 34.2. The lowest BCUT2D eigenvalue weighted by Crippen LogP contribution is -2.23. The maximum Gasteiger partial charge on any atom is 0.267 e. The molecule has 6 heterocycles. The van der Waals surface area contributed by atoms with Crippen LogP contribution in [0.5, 0.6) is 0 Å². The molecule has 0 atom stereocenters. The summed E-state index contributed by atoms with van der Waals surface area (Å²) < 4.78 is 54.7. The zero-order valence-electron chi connectivity index (χ0n) is 32.6. The molecule has 0 aliphatic carbocycles. The van der Waals surface area contributed by atoms with Crippen LogP contribution in [0.25, 0.3) is 27.6 Å². The molecule has 18 heteroatoms. The van der Waals surface area contributed by atoms with E-state index in [-0.39, 0.29) is 44.5 Å². The lowest BCUT2D eigenvalue weighted by Gasteiger charge is -2.08. The number of aromatic nitrogens is 8. The van der Waals surface area contributed by atoms with Crippen molar-refractivity contribution in [2.24, 2.45) is 7.05 Å². The highest BCUT2D eigenvalue weighted by Crippen LogP contribution is 2.25. The first-order valence-corrected chi connectivity index (χ1v) is 21.6. The van der Waals surface area contributed by atoms with E-state index in [9.17, 15) is 26.4 Å². The fourth-order valence-electron chi connectivity index (χ4n) is 6.36. The number of pyridine rings is 2. The molecular formula is C43H36N10O6S2. The van der Waals surface area contributed by atoms with E-state index in [1.54, 1.807) is 139 Å². The summed E-state index contributed by atoms with van der Waals surface area (Å²) in [6.45, 7) is 2.33. The van der Waals surface area contributed by atoms with Gasteiger partial charge in [-0.2, -0.15) is 5.10 Å². The maximum absolute atomic E-state index is 13.0. The first-order chi connectivity index (χ1) is 29.3. The highest BCUT2D eigenvalue weighted by Gasteiger charge is 2.20. The molecule has 0 spiro atoms. The second kappa shape index (κ2) is 16.6. The minimum Gasteiger partial charge on any atom is -0.350 e. The van der Waals surface area contributed by atoms with E-state index in [4.69, 9.17) is 0 Å². The molecule has 61 heavy (non-hydrogen) atoms. The van der Waals surface area contributed by atoms with Gasteiger partial charge in [0.2, 0.25) is 25.5 Å². The van der Waals surface area contributed by atoms with Crippen LogP contribution in [0.1, 0.15) is 37.7 Å². The minimum absolute atomic E-state index is 0.150. The number of nitrogens with zero attached hydrogens (tertiary/aromatic N) is 7. The van der Waals surface area contributed by atoms with Crippen molar-refractivity contribution in [2.45, 2.75) is 39.6 Å². The predicted molar refractivity (Wildman–Crippen MR) is 225 cm³/mol. The first kappa shape index (κ1) is 40.2. The van der Waals surface area contributed by atoms with E-state index in [0.29, 0.717) is 17.0 Å². The zero-order chi connectivity index (χ0) is 42.7. The number of sulfone groups is 2. The van der Waals surface area contributed by atoms with Gasteiger partial charge in [0, 0.05) is 85.5 Å². The van der Waals surface area contributed by atoms with Crippen molar-refractivity contribution >= 4 is 59.1 Å². The fourth-order valence-corrected chi connectivity index (χ4v) is 8.86. The smallest absolute Gasteiger partial charge is 0.267 e. The summed E-state index contributed by atoms with van der Waals surface area (Å²) in [6.07, 6.45) is 12.8. The molecule has 0 bridgehead atoms. The third-order valence-electron chi connectivity index (χ3n) is 9.77. The van der Waals surface area contributed by atoms with E-state index in [1.165, 1.54) is 24.5 Å². The summed E-state index contributed by atoms with van der Waals surface area (Å²) in [4.78, 5) is 44.8. The molecule has 3 aromatic carbocycles. The van der Waals surface area contributed by atoms with Crippen LogP contribution >= 0.6 is 0 Å². The number of imidazole rings is 1. The number of aryl methyl sites for hydroxylation is 2. The molecule has 0 aliphatic rings. The summed E-state index contributed by atoms with van der Waals surface area (Å²) >= 11 is 0. The van der Waals surface area contributed by atoms with Gasteiger partial charge in [-0.25, -0.2) is 26.8 Å². The van der Waals surface area contributed by atoms with Gasteiger partial charge in [0.15, 0.2) is 0 Å². The van der Waals surface area contributed by atoms with Crippen molar-refractivity contribution in [3.05, 3.63) is 169 Å². The van der Waals surface area contributed by atoms with Crippen LogP contribution in [0.15, 0.2) is 160 Å². The second-order valence-corrected chi connectivity index (χ2v) is 17.8. The molecule has 16 nitrogen and oxygen atoms in total. The number of fused-ring (bicyclic) bond motifs is 3. The van der Waals surface area contributed by atoms with Crippen molar-refractivity contribution < 1.29 is 26.4 Å². The van der Waals surface area contributed by atoms with Crippen LogP contribution in [0, 0.1) is 6.92 Å². The molecule has 0 radical (unpaired) electrons. The number of amides is 2. The number of carbonyl (C=O) groups excluding carboxylic acids is 2. The van der Waals surface area contributed by atoms with E-state index >= 15 is 0 Å². The fraction of sp³-hybridized carbons (Fsp3) is 0.0930. The van der Waals surface area contributed by atoms with Gasteiger partial charge in [-0.3, -0.25) is 28.6 Å². The Kier molecular flexibility index (Phi) is 10.9. The average Bonchev–Trinajstić information content (AvgIpc) is 4.04. The molecule has 2 amide bonds. The largest absolute Gasteiger partial charge is 0.350 e. The second-order valence-electron chi connectivity index (χ2n) is 13.9. The summed E-state index contributed by atoms with van der Waals surface area (Å²) in [6, 6.07) is 24.6. The van der Waals surface area contributed by atoms with E-state index in [2.05, 4.69) is 40.7 Å². The Hall–Kier alpha value is -7.57. The molecule has 0 unspecified atom stereocenters. The van der Waals surface area contributed by atoms with Crippen molar-refractivity contribution in [3.63, 3.8) is 0 Å². The number of carbonyl (C=O) groups is 2. The lowest BCUT2D eigenvalue weighted by molar-refractivity contribution is 0.0940. The number of rotatable bonds is 10. The van der Waals surface area contributed by atoms with E-state index in [0.717, 1.165) is 38.6 Å². The summed E-state index contributed by atoms with van der Waals surface area (Å²) in [5, 5.41) is 11.4. The topological polar surface area (TPSA) is 216 Å². The van der Waals surface area contributed by atoms with Crippen LogP contribution < -0.4 is 10.6 Å². The van der Waals surface area contributed by atoms with Crippen LogP contribution in [-0.4, -0.2) is 67.8 Å². The summed E-state index contributed by atoms with van der Waals surface area (Å²) in [7, 11) is -5.49. The molecule has 9 aromatic rings. The molecule has 0 saturated heterocycles. The van der Waals surface area contributed by atoms with Crippen LogP contribution in [-0.2, 0) is 39.8 Å². The Morgan fingerprint density at radius 2 is 1.31 bits per heavy atom. The van der Waals surface area contributed by atoms with Crippen LogP contribution in [0.4, 0.5) is 0 Å². The van der Waals surface area contributed by atoms with Gasteiger partial charge >= 0.3 is 0 Å². The number of hydrogen-bond donors (Lipinski definition) is 3. The van der Waals surface area contributed by atoms with E-state index < -0.39 is 19.7 Å². The molecule has 9 rings (SSSR count). The average molecular weight is 853 g/mol. The normalized spacial score (nSPS) is 11.6. The molecule has 6 aromatic heterocycles. The third-order valence-corrected chi connectivity index (χ3v) is 13.3. The van der Waals surface area contributed by atoms with Gasteiger partial charge in [-0.1, -0.05) is 24.3 Å². The first-order valence-electron chi connectivity index (χ1n) is 18.7. The van der Waals surface area contributed by atoms with E-state index in [1.807, 2.05) is 0 Å². The standard InChI is InChI=1S/C22H18N6O3S.C21H18N4O3S/c1-27-20-7-6-19(10-16(20)13-26-27)32(30,31)18-4-2-15(3-5-18)11-24-21(29)17-12-25-22-23-8-9-28(22)14-17;1-14-2-5-18(13-23-14)29(27,28)17-6-3-15(4-7-17)11-24-21(26)20-10-16-12-22-9-8-19(16)25-20/h2-10,12-14H,11H2,1H3,(H,24,29);2-10,12-13,25H,11H2,1H3,(H,24,26). The van der Waals surface area contributed by atoms with Gasteiger partial charge in [0.25, 0.3) is 11.8 Å². The number of H-pyrrole nitrogens is 1. The molecule has 0 fully saturated rings. The van der Waals surface area contributed by atoms with Gasteiger partial charge in [0.05, 0.1) is 36.9 Å². The minimum atomic E-state index is -3.67. The molecule has 0 saturated carbocycles. The number of aromatic amines is 1. The molecule has 3 N–H and O–H groups in total. The highest BCUT2D eigenvalue weighted by atomic mass is 32.2. The number of hydrogen-bond acceptors (Lipinski definition) is 11. The SMILES string of the molecule is Cc1ccc(S(=O)(=O)c2ccc(CNC(=O)c3cc4cnccc4[nH]3)cc2)cn1.Cn1ncc2cc(S(=O)(=O)c3ccc(CNC(=O)c4cnc5nccn5c4)cc3)ccc21. The van der Waals surface area contributed by atoms with Gasteiger partial charge in [-0.15, -0.1) is 0 Å². The highest BCUT2D eigenvalue weighted by molar-refractivity contribution is 7.91. The summed E-state index contributed by atoms with van der Waals surface area (Å²) in [5.41, 5.74) is 4.86. The van der Waals surface area contributed by atoms with Crippen molar-refractivity contribution in [1.29, 1.82) is 0 Å². The Labute approximate surface area is 349 Å².